The van der Waals surface area contributed by atoms with Crippen LogP contribution in [0.4, 0.5) is 0 Å². The van der Waals surface area contributed by atoms with Crippen LogP contribution in [-0.2, 0) is 4.79 Å². The number of carbonyl (C=O) groups is 1. The molecule has 3 N–H and O–H groups in total. The van der Waals surface area contributed by atoms with Crippen molar-refractivity contribution in [1.82, 2.24) is 4.90 Å². The number of hydrogen-bond acceptors (Lipinski definition) is 3. The lowest BCUT2D eigenvalue weighted by Gasteiger charge is -2.22. The normalized spacial score (nSPS) is 13.3. The smallest absolute Gasteiger partial charge is 0.304 e. The number of carboxylic acid groups (broad SMARTS) is 1. The van der Waals surface area contributed by atoms with Gasteiger partial charge in [-0.25, -0.2) is 0 Å². The topological polar surface area (TPSA) is 66.6 Å². The van der Waals surface area contributed by atoms with Crippen LogP contribution in [-0.4, -0.2) is 42.2 Å². The zero-order valence-corrected chi connectivity index (χ0v) is 7.79. The average Bonchev–Trinajstić information content (AvgIpc) is 1.98. The molecule has 1 unspecified atom stereocenters. The van der Waals surface area contributed by atoms with E-state index in [4.69, 9.17) is 10.8 Å². The molecule has 0 aromatic rings. The van der Waals surface area contributed by atoms with Crippen LogP contribution in [0.5, 0.6) is 0 Å². The summed E-state index contributed by atoms with van der Waals surface area (Å²) in [6.45, 7) is 3.43. The van der Waals surface area contributed by atoms with Gasteiger partial charge in [-0.15, -0.1) is 0 Å². The second-order valence-electron chi connectivity index (χ2n) is 3.07. The van der Waals surface area contributed by atoms with E-state index in [0.29, 0.717) is 6.54 Å². The fraction of sp³-hybridized carbons (Fsp3) is 0.875. The molecule has 0 aliphatic heterocycles. The zero-order chi connectivity index (χ0) is 9.56. The molecular weight excluding hydrogens is 156 g/mol. The van der Waals surface area contributed by atoms with E-state index in [9.17, 15) is 4.79 Å². The Kier molecular flexibility index (Phi) is 5.66. The summed E-state index contributed by atoms with van der Waals surface area (Å²) in [7, 11) is 1.92. The highest BCUT2D eigenvalue weighted by molar-refractivity contribution is 5.67. The maximum atomic E-state index is 10.3. The van der Waals surface area contributed by atoms with Crippen molar-refractivity contribution in [1.29, 1.82) is 0 Å². The molecule has 0 aromatic carbocycles. The van der Waals surface area contributed by atoms with E-state index in [1.165, 1.54) is 0 Å². The predicted octanol–water partition coefficient (Wildman–Crippen LogP) is 0.130. The molecule has 0 spiro atoms. The van der Waals surface area contributed by atoms with Crippen molar-refractivity contribution in [3.05, 3.63) is 0 Å². The van der Waals surface area contributed by atoms with Crippen molar-refractivity contribution >= 4 is 5.97 Å². The van der Waals surface area contributed by atoms with Crippen LogP contribution in [0.3, 0.4) is 0 Å². The van der Waals surface area contributed by atoms with Crippen LogP contribution in [0, 0.1) is 0 Å². The van der Waals surface area contributed by atoms with Gasteiger partial charge >= 0.3 is 5.97 Å². The molecule has 72 valence electrons. The fourth-order valence-corrected chi connectivity index (χ4v) is 0.970. The average molecular weight is 174 g/mol. The van der Waals surface area contributed by atoms with E-state index in [1.54, 1.807) is 0 Å². The molecule has 0 rings (SSSR count). The SMILES string of the molecule is CC(CC(=O)O)N(C)CCCN. The van der Waals surface area contributed by atoms with E-state index >= 15 is 0 Å². The first-order chi connectivity index (χ1) is 5.57. The Balaban J connectivity index is 3.60. The quantitative estimate of drug-likeness (QED) is 0.600. The minimum Gasteiger partial charge on any atom is -0.481 e. The number of nitrogens with two attached hydrogens (primary N) is 1. The summed E-state index contributed by atoms with van der Waals surface area (Å²) in [6.07, 6.45) is 1.11. The first kappa shape index (κ1) is 11.4. The molecule has 0 aromatic heterocycles. The van der Waals surface area contributed by atoms with Crippen molar-refractivity contribution in [2.75, 3.05) is 20.1 Å². The Morgan fingerprint density at radius 2 is 2.25 bits per heavy atom. The predicted molar refractivity (Wildman–Crippen MR) is 48.0 cm³/mol. The lowest BCUT2D eigenvalue weighted by molar-refractivity contribution is -0.138. The second-order valence-corrected chi connectivity index (χ2v) is 3.07. The molecule has 1 atom stereocenters. The molecule has 12 heavy (non-hydrogen) atoms. The van der Waals surface area contributed by atoms with Crippen LogP contribution in [0.15, 0.2) is 0 Å². The van der Waals surface area contributed by atoms with Gasteiger partial charge in [0.05, 0.1) is 6.42 Å². The molecule has 0 saturated carbocycles. The number of nitrogens with zero attached hydrogens (tertiary/aromatic N) is 1. The maximum absolute atomic E-state index is 10.3. The highest BCUT2D eigenvalue weighted by Gasteiger charge is 2.11. The Labute approximate surface area is 73.3 Å². The van der Waals surface area contributed by atoms with Crippen molar-refractivity contribution < 1.29 is 9.90 Å². The van der Waals surface area contributed by atoms with Gasteiger partial charge in [0.15, 0.2) is 0 Å². The van der Waals surface area contributed by atoms with Crippen LogP contribution < -0.4 is 5.73 Å². The summed E-state index contributed by atoms with van der Waals surface area (Å²) in [5.41, 5.74) is 5.34. The van der Waals surface area contributed by atoms with Crippen LogP contribution in [0.1, 0.15) is 19.8 Å². The number of hydrogen-bond donors (Lipinski definition) is 2. The third-order valence-electron chi connectivity index (χ3n) is 1.94. The molecule has 0 saturated heterocycles. The van der Waals surface area contributed by atoms with E-state index in [2.05, 4.69) is 0 Å². The minimum atomic E-state index is -0.748. The summed E-state index contributed by atoms with van der Waals surface area (Å²) in [5.74, 6) is -0.748. The molecular formula is C8H18N2O2. The van der Waals surface area contributed by atoms with Gasteiger partial charge in [-0.05, 0) is 33.5 Å². The molecule has 0 bridgehead atoms. The lowest BCUT2D eigenvalue weighted by atomic mass is 10.2. The Hall–Kier alpha value is -0.610. The van der Waals surface area contributed by atoms with Gasteiger partial charge < -0.3 is 15.7 Å². The number of rotatable bonds is 6. The molecule has 0 aliphatic rings. The molecule has 0 fully saturated rings. The molecule has 0 amide bonds. The van der Waals surface area contributed by atoms with E-state index < -0.39 is 5.97 Å². The summed E-state index contributed by atoms with van der Waals surface area (Å²) in [5, 5.41) is 8.51. The standard InChI is InChI=1S/C8H18N2O2/c1-7(6-8(11)12)10(2)5-3-4-9/h7H,3-6,9H2,1-2H3,(H,11,12). The zero-order valence-electron chi connectivity index (χ0n) is 7.79. The summed E-state index contributed by atoms with van der Waals surface area (Å²) < 4.78 is 0. The van der Waals surface area contributed by atoms with Crippen molar-refractivity contribution in [3.8, 4) is 0 Å². The highest BCUT2D eigenvalue weighted by atomic mass is 16.4. The van der Waals surface area contributed by atoms with E-state index in [0.717, 1.165) is 13.0 Å². The van der Waals surface area contributed by atoms with E-state index in [1.807, 2.05) is 18.9 Å². The van der Waals surface area contributed by atoms with Crippen molar-refractivity contribution in [3.63, 3.8) is 0 Å². The van der Waals surface area contributed by atoms with Gasteiger partial charge in [0.2, 0.25) is 0 Å². The third-order valence-corrected chi connectivity index (χ3v) is 1.94. The summed E-state index contributed by atoms with van der Waals surface area (Å²) in [6, 6.07) is 0.0917. The van der Waals surface area contributed by atoms with Gasteiger partial charge in [-0.2, -0.15) is 0 Å². The molecule has 4 nitrogen and oxygen atoms in total. The Bertz CT molecular complexity index is 139. The van der Waals surface area contributed by atoms with Crippen molar-refractivity contribution in [2.24, 2.45) is 5.73 Å². The number of carboxylic acids is 1. The molecule has 0 radical (unpaired) electrons. The van der Waals surface area contributed by atoms with Gasteiger partial charge in [0, 0.05) is 6.04 Å². The van der Waals surface area contributed by atoms with Gasteiger partial charge in [0.25, 0.3) is 0 Å². The van der Waals surface area contributed by atoms with Crippen LogP contribution in [0.2, 0.25) is 0 Å². The number of aliphatic carboxylic acids is 1. The molecule has 0 heterocycles. The highest BCUT2D eigenvalue weighted by Crippen LogP contribution is 2.00. The van der Waals surface area contributed by atoms with Gasteiger partial charge in [-0.1, -0.05) is 0 Å². The minimum absolute atomic E-state index is 0.0917. The Morgan fingerprint density at radius 1 is 1.67 bits per heavy atom. The monoisotopic (exact) mass is 174 g/mol. The molecule has 0 aliphatic carbocycles. The van der Waals surface area contributed by atoms with Crippen LogP contribution in [0.25, 0.3) is 0 Å². The van der Waals surface area contributed by atoms with Crippen molar-refractivity contribution in [2.45, 2.75) is 25.8 Å². The summed E-state index contributed by atoms with van der Waals surface area (Å²) >= 11 is 0. The fourth-order valence-electron chi connectivity index (χ4n) is 0.970. The largest absolute Gasteiger partial charge is 0.481 e. The summed E-state index contributed by atoms with van der Waals surface area (Å²) in [4.78, 5) is 12.4. The lowest BCUT2D eigenvalue weighted by Crippen LogP contribution is -2.32. The first-order valence-corrected chi connectivity index (χ1v) is 4.20. The first-order valence-electron chi connectivity index (χ1n) is 4.20. The van der Waals surface area contributed by atoms with E-state index in [-0.39, 0.29) is 12.5 Å². The Morgan fingerprint density at radius 3 is 2.67 bits per heavy atom. The maximum Gasteiger partial charge on any atom is 0.304 e. The van der Waals surface area contributed by atoms with Gasteiger partial charge in [0.1, 0.15) is 0 Å². The third kappa shape index (κ3) is 5.09. The second kappa shape index (κ2) is 5.97. The van der Waals surface area contributed by atoms with Crippen LogP contribution >= 0.6 is 0 Å². The van der Waals surface area contributed by atoms with Gasteiger partial charge in [-0.3, -0.25) is 4.79 Å². The molecule has 4 heteroatoms.